The molecule has 2 aliphatic heterocycles. The van der Waals surface area contributed by atoms with Crippen molar-refractivity contribution in [2.24, 2.45) is 5.73 Å². The van der Waals surface area contributed by atoms with Gasteiger partial charge >= 0.3 is 0 Å². The van der Waals surface area contributed by atoms with Gasteiger partial charge in [-0.05, 0) is 32.3 Å². The zero-order valence-corrected chi connectivity index (χ0v) is 24.3. The minimum absolute atomic E-state index is 0.120. The van der Waals surface area contributed by atoms with Gasteiger partial charge in [-0.15, -0.1) is 0 Å². The van der Waals surface area contributed by atoms with Crippen LogP contribution in [0, 0.1) is 6.92 Å². The summed E-state index contributed by atoms with van der Waals surface area (Å²) in [7, 11) is -1.74. The van der Waals surface area contributed by atoms with Gasteiger partial charge in [-0.2, -0.15) is 5.10 Å². The fourth-order valence-corrected chi connectivity index (χ4v) is 6.50. The quantitative estimate of drug-likeness (QED) is 0.452. The van der Waals surface area contributed by atoms with Crippen LogP contribution in [0.5, 0.6) is 0 Å². The second-order valence-electron chi connectivity index (χ2n) is 11.3. The number of aryl methyl sites for hydroxylation is 1. The summed E-state index contributed by atoms with van der Waals surface area (Å²) in [5.41, 5.74) is 8.32. The fraction of sp³-hybridized carbons (Fsp3) is 0.500. The average molecular weight is 568 g/mol. The molecule has 2 amide bonds. The van der Waals surface area contributed by atoms with Crippen molar-refractivity contribution in [3.63, 3.8) is 0 Å². The van der Waals surface area contributed by atoms with Crippen molar-refractivity contribution in [1.82, 2.24) is 24.4 Å². The Balaban J connectivity index is 1.42. The molecule has 0 saturated carbocycles. The molecule has 3 aromatic rings. The molecule has 2 saturated heterocycles. The largest absolute Gasteiger partial charge is 0.355 e. The minimum atomic E-state index is -3.49. The number of hydrogen-bond acceptors (Lipinski definition) is 8. The average Bonchev–Trinajstić information content (AvgIpc) is 3.65. The number of likely N-dealkylation sites (N-methyl/N-ethyl adjacent to an activating group) is 1. The van der Waals surface area contributed by atoms with E-state index in [1.54, 1.807) is 16.5 Å². The third-order valence-corrected chi connectivity index (χ3v) is 8.99. The molecular weight excluding hydrogens is 530 g/mol. The molecular formula is C28H37N7O4S. The Morgan fingerprint density at radius 3 is 2.60 bits per heavy atom. The number of anilines is 1. The van der Waals surface area contributed by atoms with E-state index in [1.807, 2.05) is 56.4 Å². The number of benzene rings is 1. The van der Waals surface area contributed by atoms with Crippen LogP contribution < -0.4 is 10.6 Å². The molecule has 0 spiro atoms. The summed E-state index contributed by atoms with van der Waals surface area (Å²) in [5, 5.41) is 4.75. The number of hydrogen-bond donors (Lipinski definition) is 1. The Labute approximate surface area is 234 Å². The Hall–Kier alpha value is -3.51. The molecule has 1 unspecified atom stereocenters. The van der Waals surface area contributed by atoms with Gasteiger partial charge in [0.2, 0.25) is 11.8 Å². The molecule has 0 bridgehead atoms. The fourth-order valence-electron chi connectivity index (χ4n) is 5.86. The lowest BCUT2D eigenvalue weighted by Crippen LogP contribution is -2.48. The maximum atomic E-state index is 14.3. The van der Waals surface area contributed by atoms with Crippen molar-refractivity contribution in [1.29, 1.82) is 0 Å². The van der Waals surface area contributed by atoms with Crippen molar-refractivity contribution >= 4 is 33.1 Å². The molecule has 0 aliphatic carbocycles. The summed E-state index contributed by atoms with van der Waals surface area (Å²) in [6, 6.07) is 11.1. The van der Waals surface area contributed by atoms with Crippen LogP contribution in [0.15, 0.2) is 42.6 Å². The van der Waals surface area contributed by atoms with E-state index < -0.39 is 26.9 Å². The number of fused-ring (bicyclic) bond motifs is 1. The van der Waals surface area contributed by atoms with Crippen molar-refractivity contribution in [2.45, 2.75) is 44.2 Å². The molecule has 40 heavy (non-hydrogen) atoms. The van der Waals surface area contributed by atoms with E-state index >= 15 is 0 Å². The molecule has 11 nitrogen and oxygen atoms in total. The van der Waals surface area contributed by atoms with Crippen LogP contribution in [0.2, 0.25) is 0 Å². The highest BCUT2D eigenvalue weighted by Crippen LogP contribution is 2.38. The van der Waals surface area contributed by atoms with Gasteiger partial charge in [0, 0.05) is 63.4 Å². The topological polar surface area (TPSA) is 134 Å². The van der Waals surface area contributed by atoms with E-state index in [1.165, 1.54) is 4.90 Å². The monoisotopic (exact) mass is 567 g/mol. The first-order valence-corrected chi connectivity index (χ1v) is 15.6. The first-order valence-electron chi connectivity index (χ1n) is 13.5. The Bertz CT molecular complexity index is 1540. The first kappa shape index (κ1) is 28.0. The molecule has 0 radical (unpaired) electrons. The molecule has 4 heterocycles. The molecule has 5 rings (SSSR count). The van der Waals surface area contributed by atoms with Crippen LogP contribution in [0.1, 0.15) is 42.6 Å². The lowest BCUT2D eigenvalue weighted by atomic mass is 9.78. The Morgan fingerprint density at radius 1 is 1.23 bits per heavy atom. The molecule has 3 atom stereocenters. The van der Waals surface area contributed by atoms with E-state index in [0.29, 0.717) is 24.3 Å². The zero-order valence-electron chi connectivity index (χ0n) is 23.4. The van der Waals surface area contributed by atoms with Crippen LogP contribution in [0.25, 0.3) is 5.65 Å². The van der Waals surface area contributed by atoms with Gasteiger partial charge in [0.25, 0.3) is 0 Å². The minimum Gasteiger partial charge on any atom is -0.355 e. The normalized spacial score (nSPS) is 22.2. The molecule has 1 aromatic carbocycles. The van der Waals surface area contributed by atoms with E-state index in [4.69, 9.17) is 15.8 Å². The SMILES string of the molecule is Cc1cn2nc([C@H](C)N(C)C(=O)C3(c4ccccc4)CCN(C(=O)CS(C)(=O)=O)C3)cc2nc1N1CC[C@H](N)C1. The second-order valence-corrected chi connectivity index (χ2v) is 13.4. The number of nitrogens with two attached hydrogens (primary N) is 1. The summed E-state index contributed by atoms with van der Waals surface area (Å²) in [6.45, 7) is 5.99. The highest BCUT2D eigenvalue weighted by molar-refractivity contribution is 7.91. The van der Waals surface area contributed by atoms with Gasteiger partial charge in [-0.25, -0.2) is 17.9 Å². The van der Waals surface area contributed by atoms with E-state index in [0.717, 1.165) is 42.7 Å². The maximum absolute atomic E-state index is 14.3. The van der Waals surface area contributed by atoms with Gasteiger partial charge in [0.05, 0.1) is 17.2 Å². The number of aromatic nitrogens is 3. The van der Waals surface area contributed by atoms with E-state index in [2.05, 4.69) is 4.90 Å². The maximum Gasteiger partial charge on any atom is 0.237 e. The molecule has 12 heteroatoms. The van der Waals surface area contributed by atoms with Crippen LogP contribution in [0.3, 0.4) is 0 Å². The van der Waals surface area contributed by atoms with Gasteiger partial charge in [-0.3, -0.25) is 9.59 Å². The Morgan fingerprint density at radius 2 is 1.95 bits per heavy atom. The van der Waals surface area contributed by atoms with Crippen molar-refractivity contribution in [2.75, 3.05) is 50.1 Å². The lowest BCUT2D eigenvalue weighted by Gasteiger charge is -2.35. The van der Waals surface area contributed by atoms with Crippen molar-refractivity contribution in [3.05, 3.63) is 59.4 Å². The third-order valence-electron chi connectivity index (χ3n) is 8.22. The summed E-state index contributed by atoms with van der Waals surface area (Å²) in [4.78, 5) is 37.3. The molecule has 2 aliphatic rings. The number of sulfone groups is 1. The summed E-state index contributed by atoms with van der Waals surface area (Å²) in [6.07, 6.45) is 4.32. The third kappa shape index (κ3) is 5.29. The molecule has 2 N–H and O–H groups in total. The number of carbonyl (C=O) groups excluding carboxylic acids is 2. The Kier molecular flexibility index (Phi) is 7.34. The van der Waals surface area contributed by atoms with Gasteiger partial charge < -0.3 is 20.4 Å². The zero-order chi connectivity index (χ0) is 28.8. The van der Waals surface area contributed by atoms with Crippen LogP contribution in [-0.4, -0.2) is 95.9 Å². The molecule has 214 valence electrons. The number of rotatable bonds is 7. The summed E-state index contributed by atoms with van der Waals surface area (Å²) >= 11 is 0. The first-order chi connectivity index (χ1) is 18.9. The molecule has 2 fully saturated rings. The van der Waals surface area contributed by atoms with Crippen molar-refractivity contribution < 1.29 is 18.0 Å². The highest BCUT2D eigenvalue weighted by atomic mass is 32.2. The van der Waals surface area contributed by atoms with Gasteiger partial charge in [-0.1, -0.05) is 30.3 Å². The summed E-state index contributed by atoms with van der Waals surface area (Å²) in [5.74, 6) is -0.303. The lowest BCUT2D eigenvalue weighted by molar-refractivity contribution is -0.138. The van der Waals surface area contributed by atoms with E-state index in [-0.39, 0.29) is 24.5 Å². The molecule has 2 aromatic heterocycles. The number of nitrogens with zero attached hydrogens (tertiary/aromatic N) is 6. The van der Waals surface area contributed by atoms with Crippen LogP contribution >= 0.6 is 0 Å². The predicted molar refractivity (Wildman–Crippen MR) is 153 cm³/mol. The summed E-state index contributed by atoms with van der Waals surface area (Å²) < 4.78 is 25.3. The van der Waals surface area contributed by atoms with Gasteiger partial charge in [0.1, 0.15) is 11.6 Å². The standard InChI is InChI=1S/C28H37N7O4S/c1-19-15-35-24(30-26(19)33-12-10-22(29)16-33)14-23(31-35)20(2)32(3)27(37)28(21-8-6-5-7-9-21)11-13-34(18-28)25(36)17-40(4,38)39/h5-9,14-15,20,22H,10-13,16-18,29H2,1-4H3/t20-,22-,28?/m0/s1. The van der Waals surface area contributed by atoms with Crippen molar-refractivity contribution in [3.8, 4) is 0 Å². The number of amides is 2. The van der Waals surface area contributed by atoms with Gasteiger partial charge in [0.15, 0.2) is 15.5 Å². The van der Waals surface area contributed by atoms with Crippen LogP contribution in [0.4, 0.5) is 5.82 Å². The van der Waals surface area contributed by atoms with E-state index in [9.17, 15) is 18.0 Å². The predicted octanol–water partition coefficient (Wildman–Crippen LogP) is 1.31. The number of likely N-dealkylation sites (tertiary alicyclic amines) is 1. The number of carbonyl (C=O) groups is 2. The van der Waals surface area contributed by atoms with Crippen LogP contribution in [-0.2, 0) is 24.8 Å². The highest BCUT2D eigenvalue weighted by Gasteiger charge is 2.49. The smallest absolute Gasteiger partial charge is 0.237 e. The second kappa shape index (κ2) is 10.5.